The van der Waals surface area contributed by atoms with Crippen molar-refractivity contribution >= 4 is 0 Å². The molecule has 0 aromatic rings. The summed E-state index contributed by atoms with van der Waals surface area (Å²) in [5.41, 5.74) is 2.02. The van der Waals surface area contributed by atoms with E-state index in [0.717, 1.165) is 38.5 Å². The van der Waals surface area contributed by atoms with Crippen LogP contribution in [0.15, 0.2) is 11.6 Å². The van der Waals surface area contributed by atoms with Gasteiger partial charge in [-0.1, -0.05) is 60.1 Å². The number of rotatable bonds is 1. The molecule has 4 saturated carbocycles. The summed E-state index contributed by atoms with van der Waals surface area (Å²) in [4.78, 5) is 0. The van der Waals surface area contributed by atoms with Gasteiger partial charge in [-0.25, -0.2) is 0 Å². The van der Waals surface area contributed by atoms with Crippen molar-refractivity contribution in [1.82, 2.24) is 0 Å². The van der Waals surface area contributed by atoms with E-state index in [4.69, 9.17) is 0 Å². The Hall–Kier alpha value is -0.380. The number of aliphatic hydroxyl groups is 3. The Morgan fingerprint density at radius 2 is 1.48 bits per heavy atom. The maximum atomic E-state index is 11.3. The Morgan fingerprint density at radius 1 is 0.788 bits per heavy atom. The molecule has 5 aliphatic rings. The molecule has 4 fully saturated rings. The molecule has 0 saturated heterocycles. The molecule has 10 atom stereocenters. The minimum Gasteiger partial charge on any atom is -0.396 e. The monoisotopic (exact) mass is 458 g/mol. The third-order valence-electron chi connectivity index (χ3n) is 13.4. The van der Waals surface area contributed by atoms with E-state index in [0.29, 0.717) is 17.8 Å². The molecule has 0 aromatic heterocycles. The molecule has 3 heteroatoms. The molecule has 0 spiro atoms. The molecule has 0 radical (unpaired) electrons. The molecule has 0 heterocycles. The second-order valence-corrected chi connectivity index (χ2v) is 15.1. The van der Waals surface area contributed by atoms with Crippen molar-refractivity contribution in [2.24, 2.45) is 50.2 Å². The van der Waals surface area contributed by atoms with Gasteiger partial charge in [-0.3, -0.25) is 0 Å². The minimum atomic E-state index is -0.335. The van der Waals surface area contributed by atoms with Gasteiger partial charge in [-0.2, -0.15) is 0 Å². The van der Waals surface area contributed by atoms with Crippen molar-refractivity contribution in [3.05, 3.63) is 11.6 Å². The maximum absolute atomic E-state index is 11.3. The highest BCUT2D eigenvalue weighted by Gasteiger charge is 2.68. The van der Waals surface area contributed by atoms with Crippen LogP contribution >= 0.6 is 0 Å². The molecule has 188 valence electrons. The van der Waals surface area contributed by atoms with E-state index in [1.165, 1.54) is 19.3 Å². The molecule has 0 aromatic carbocycles. The summed E-state index contributed by atoms with van der Waals surface area (Å²) >= 11 is 0. The highest BCUT2D eigenvalue weighted by molar-refractivity contribution is 5.34. The number of allylic oxidation sites excluding steroid dienone is 2. The molecule has 3 nitrogen and oxygen atoms in total. The quantitative estimate of drug-likeness (QED) is 0.415. The second-order valence-electron chi connectivity index (χ2n) is 15.1. The van der Waals surface area contributed by atoms with Gasteiger partial charge in [0.2, 0.25) is 0 Å². The van der Waals surface area contributed by atoms with Gasteiger partial charge in [-0.15, -0.1) is 0 Å². The lowest BCUT2D eigenvalue weighted by Crippen LogP contribution is -2.65. The molecule has 0 bridgehead atoms. The van der Waals surface area contributed by atoms with Gasteiger partial charge in [0.25, 0.3) is 0 Å². The molecule has 5 rings (SSSR count). The van der Waals surface area contributed by atoms with E-state index < -0.39 is 0 Å². The average molecular weight is 459 g/mol. The predicted molar refractivity (Wildman–Crippen MR) is 134 cm³/mol. The van der Waals surface area contributed by atoms with Crippen LogP contribution in [-0.4, -0.2) is 34.1 Å². The molecular weight excluding hydrogens is 408 g/mol. The van der Waals surface area contributed by atoms with Crippen LogP contribution in [0, 0.1) is 50.2 Å². The van der Waals surface area contributed by atoms with Crippen LogP contribution < -0.4 is 0 Å². The Balaban J connectivity index is 1.58. The first-order valence-corrected chi connectivity index (χ1v) is 13.9. The summed E-state index contributed by atoms with van der Waals surface area (Å²) in [5.74, 6) is 1.59. The van der Waals surface area contributed by atoms with E-state index >= 15 is 0 Å². The molecule has 5 aliphatic carbocycles. The Morgan fingerprint density at radius 3 is 2.15 bits per heavy atom. The topological polar surface area (TPSA) is 60.7 Å². The zero-order valence-corrected chi connectivity index (χ0v) is 22.4. The van der Waals surface area contributed by atoms with Crippen molar-refractivity contribution in [3.8, 4) is 0 Å². The predicted octanol–water partition coefficient (Wildman–Crippen LogP) is 6.11. The van der Waals surface area contributed by atoms with Gasteiger partial charge in [0.15, 0.2) is 0 Å². The third-order valence-corrected chi connectivity index (χ3v) is 13.4. The molecule has 3 N–H and O–H groups in total. The summed E-state index contributed by atoms with van der Waals surface area (Å²) in [6.07, 6.45) is 11.7. The second kappa shape index (κ2) is 7.10. The lowest BCUT2D eigenvalue weighted by atomic mass is 9.33. The highest BCUT2D eigenvalue weighted by Crippen LogP contribution is 2.75. The molecule has 0 aliphatic heterocycles. The number of hydrogen-bond acceptors (Lipinski definition) is 3. The third kappa shape index (κ3) is 2.91. The lowest BCUT2D eigenvalue weighted by Gasteiger charge is -2.71. The summed E-state index contributed by atoms with van der Waals surface area (Å²) in [6, 6.07) is 0. The van der Waals surface area contributed by atoms with Crippen LogP contribution in [0.25, 0.3) is 0 Å². The van der Waals surface area contributed by atoms with Crippen LogP contribution in [-0.2, 0) is 0 Å². The average Bonchev–Trinajstić information content (AvgIpc) is 2.73. The lowest BCUT2D eigenvalue weighted by molar-refractivity contribution is -0.208. The molecule has 0 amide bonds. The van der Waals surface area contributed by atoms with Crippen molar-refractivity contribution in [1.29, 1.82) is 0 Å². The molecule has 0 unspecified atom stereocenters. The number of hydrogen-bond donors (Lipinski definition) is 3. The highest BCUT2D eigenvalue weighted by atomic mass is 16.3. The minimum absolute atomic E-state index is 0.0131. The summed E-state index contributed by atoms with van der Waals surface area (Å²) in [5, 5.41) is 32.4. The molecule has 33 heavy (non-hydrogen) atoms. The summed E-state index contributed by atoms with van der Waals surface area (Å²) < 4.78 is 0. The van der Waals surface area contributed by atoms with E-state index in [1.807, 2.05) is 0 Å². The Bertz CT molecular complexity index is 847. The van der Waals surface area contributed by atoms with Gasteiger partial charge >= 0.3 is 0 Å². The van der Waals surface area contributed by atoms with Crippen LogP contribution in [0.1, 0.15) is 106 Å². The van der Waals surface area contributed by atoms with E-state index in [-0.39, 0.29) is 51.3 Å². The first-order chi connectivity index (χ1) is 15.2. The standard InChI is InChI=1S/C30H50O3/c1-25(2)21-10-13-30(7)22(28(21,5)12-11-23(25)32)9-8-19-20-16-26(3,18-31)17-24(33)27(20,4)14-15-29(19,30)6/h8,20-24,31-33H,9-18H2,1-7H3/t20-,21-,22+,23-,24+,26-,27+,28-,29+,30+/m0/s1. The van der Waals surface area contributed by atoms with Crippen LogP contribution in [0.4, 0.5) is 0 Å². The fraction of sp³-hybridized carbons (Fsp3) is 0.933. The maximum Gasteiger partial charge on any atom is 0.0605 e. The van der Waals surface area contributed by atoms with Crippen molar-refractivity contribution in [2.75, 3.05) is 6.61 Å². The zero-order chi connectivity index (χ0) is 24.2. The molecular formula is C30H50O3. The Labute approximate surface area is 202 Å². The normalized spacial score (nSPS) is 57.8. The van der Waals surface area contributed by atoms with E-state index in [2.05, 4.69) is 54.5 Å². The van der Waals surface area contributed by atoms with Crippen molar-refractivity contribution < 1.29 is 15.3 Å². The van der Waals surface area contributed by atoms with E-state index in [9.17, 15) is 15.3 Å². The van der Waals surface area contributed by atoms with Crippen LogP contribution in [0.3, 0.4) is 0 Å². The van der Waals surface area contributed by atoms with Gasteiger partial charge in [0.05, 0.1) is 12.2 Å². The summed E-state index contributed by atoms with van der Waals surface area (Å²) in [7, 11) is 0. The van der Waals surface area contributed by atoms with Crippen LogP contribution in [0.2, 0.25) is 0 Å². The zero-order valence-electron chi connectivity index (χ0n) is 22.4. The first-order valence-electron chi connectivity index (χ1n) is 13.9. The first kappa shape index (κ1) is 24.3. The van der Waals surface area contributed by atoms with E-state index in [1.54, 1.807) is 5.57 Å². The van der Waals surface area contributed by atoms with Gasteiger partial charge in [0.1, 0.15) is 0 Å². The fourth-order valence-corrected chi connectivity index (χ4v) is 10.7. The summed E-state index contributed by atoms with van der Waals surface area (Å²) in [6.45, 7) is 17.0. The number of aliphatic hydroxyl groups excluding tert-OH is 3. The largest absolute Gasteiger partial charge is 0.396 e. The fourth-order valence-electron chi connectivity index (χ4n) is 10.7. The van der Waals surface area contributed by atoms with Crippen LogP contribution in [0.5, 0.6) is 0 Å². The van der Waals surface area contributed by atoms with Gasteiger partial charge < -0.3 is 15.3 Å². The van der Waals surface area contributed by atoms with Gasteiger partial charge in [0, 0.05) is 12.0 Å². The SMILES string of the molecule is CC1(C)[C@@H](O)CC[C@]2(C)[C@H]3CC=C4[C@@H]5C[C@](C)(CO)C[C@@H](O)[C@]5(C)CC[C@@]4(C)[C@]3(C)CC[C@@H]12. The van der Waals surface area contributed by atoms with Crippen molar-refractivity contribution in [3.63, 3.8) is 0 Å². The van der Waals surface area contributed by atoms with Gasteiger partial charge in [-0.05, 0) is 103 Å². The smallest absolute Gasteiger partial charge is 0.0605 e. The number of fused-ring (bicyclic) bond motifs is 7. The Kier molecular flexibility index (Phi) is 5.23. The van der Waals surface area contributed by atoms with Crippen molar-refractivity contribution in [2.45, 2.75) is 118 Å².